The first kappa shape index (κ1) is 15.9. The summed E-state index contributed by atoms with van der Waals surface area (Å²) >= 11 is 0. The Morgan fingerprint density at radius 3 is 1.63 bits per heavy atom. The standard InChI is InChI=1S/C26H34O/c27-23-3-1-22(2-4-23)24-9-20-8-21(10-24)15-26(14-20,16-24)25-11-17-5-18(12-25)7-19(6-17)13-25/h1-4,17-21,27H,5-16H2. The summed E-state index contributed by atoms with van der Waals surface area (Å²) in [5.74, 6) is 5.62. The molecule has 1 heteroatoms. The molecule has 0 amide bonds. The summed E-state index contributed by atoms with van der Waals surface area (Å²) in [6.45, 7) is 0. The highest BCUT2D eigenvalue weighted by Crippen LogP contribution is 2.77. The van der Waals surface area contributed by atoms with E-state index in [9.17, 15) is 5.11 Å². The molecule has 0 aliphatic heterocycles. The van der Waals surface area contributed by atoms with Crippen LogP contribution < -0.4 is 0 Å². The van der Waals surface area contributed by atoms with Crippen molar-refractivity contribution in [2.24, 2.45) is 40.4 Å². The Morgan fingerprint density at radius 2 is 1.07 bits per heavy atom. The van der Waals surface area contributed by atoms with Crippen molar-refractivity contribution < 1.29 is 5.11 Å². The van der Waals surface area contributed by atoms with Crippen LogP contribution >= 0.6 is 0 Å². The number of phenolic OH excluding ortho intramolecular Hbond substituents is 1. The lowest BCUT2D eigenvalue weighted by Gasteiger charge is -2.72. The number of rotatable bonds is 2. The van der Waals surface area contributed by atoms with Gasteiger partial charge in [-0.05, 0) is 141 Å². The molecule has 144 valence electrons. The quantitative estimate of drug-likeness (QED) is 0.641. The van der Waals surface area contributed by atoms with E-state index in [1.807, 2.05) is 12.1 Å². The fraction of sp³-hybridized carbons (Fsp3) is 0.769. The molecule has 2 atom stereocenters. The first-order chi connectivity index (χ1) is 13.1. The Hall–Kier alpha value is -0.980. The molecule has 0 radical (unpaired) electrons. The lowest BCUT2D eigenvalue weighted by molar-refractivity contribution is -0.205. The van der Waals surface area contributed by atoms with E-state index in [2.05, 4.69) is 12.1 Å². The molecule has 1 nitrogen and oxygen atoms in total. The molecule has 8 aliphatic rings. The Labute approximate surface area is 163 Å². The number of hydrogen-bond acceptors (Lipinski definition) is 1. The molecule has 0 spiro atoms. The maximum atomic E-state index is 9.84. The molecular formula is C26H34O. The summed E-state index contributed by atoms with van der Waals surface area (Å²) in [6, 6.07) is 8.45. The second kappa shape index (κ2) is 4.95. The third kappa shape index (κ3) is 2.02. The van der Waals surface area contributed by atoms with Gasteiger partial charge in [-0.3, -0.25) is 0 Å². The van der Waals surface area contributed by atoms with Gasteiger partial charge in [0.2, 0.25) is 0 Å². The van der Waals surface area contributed by atoms with Gasteiger partial charge in [-0.15, -0.1) is 0 Å². The summed E-state index contributed by atoms with van der Waals surface area (Å²) in [5, 5.41) is 9.84. The fourth-order valence-corrected chi connectivity index (χ4v) is 10.8. The second-order valence-corrected chi connectivity index (χ2v) is 12.3. The van der Waals surface area contributed by atoms with Gasteiger partial charge in [0.15, 0.2) is 0 Å². The summed E-state index contributed by atoms with van der Waals surface area (Å²) < 4.78 is 0. The molecule has 1 N–H and O–H groups in total. The molecule has 1 aromatic carbocycles. The van der Waals surface area contributed by atoms with Gasteiger partial charge in [0.1, 0.15) is 5.75 Å². The zero-order chi connectivity index (χ0) is 17.9. The van der Waals surface area contributed by atoms with Crippen molar-refractivity contribution in [3.8, 4) is 5.75 Å². The average Bonchev–Trinajstić information content (AvgIpc) is 2.60. The van der Waals surface area contributed by atoms with Crippen LogP contribution in [0.4, 0.5) is 0 Å². The molecule has 2 unspecified atom stereocenters. The first-order valence-electron chi connectivity index (χ1n) is 11.9. The molecule has 1 aromatic rings. The van der Waals surface area contributed by atoms with Crippen molar-refractivity contribution in [3.63, 3.8) is 0 Å². The van der Waals surface area contributed by atoms with Gasteiger partial charge in [-0.2, -0.15) is 0 Å². The van der Waals surface area contributed by atoms with Crippen LogP contribution in [0.1, 0.15) is 82.6 Å². The van der Waals surface area contributed by atoms with Gasteiger partial charge in [0.05, 0.1) is 0 Å². The Morgan fingerprint density at radius 1 is 0.593 bits per heavy atom. The van der Waals surface area contributed by atoms with Crippen molar-refractivity contribution in [3.05, 3.63) is 29.8 Å². The van der Waals surface area contributed by atoms with Gasteiger partial charge in [-0.25, -0.2) is 0 Å². The number of phenols is 1. The topological polar surface area (TPSA) is 20.2 Å². The van der Waals surface area contributed by atoms with Crippen LogP contribution in [0.2, 0.25) is 0 Å². The lowest BCUT2D eigenvalue weighted by Crippen LogP contribution is -2.63. The maximum absolute atomic E-state index is 9.84. The molecule has 9 rings (SSSR count). The third-order valence-electron chi connectivity index (χ3n) is 10.7. The molecule has 0 heterocycles. The number of hydrogen-bond donors (Lipinski definition) is 1. The van der Waals surface area contributed by atoms with Crippen LogP contribution in [0.15, 0.2) is 24.3 Å². The zero-order valence-electron chi connectivity index (χ0n) is 16.6. The molecule has 8 aliphatic carbocycles. The maximum Gasteiger partial charge on any atom is 0.115 e. The molecule has 0 aromatic heterocycles. The average molecular weight is 363 g/mol. The van der Waals surface area contributed by atoms with Crippen LogP contribution in [-0.2, 0) is 5.41 Å². The Kier molecular flexibility index (Phi) is 2.91. The lowest BCUT2D eigenvalue weighted by atomic mass is 9.32. The Balaban J connectivity index is 1.33. The molecule has 8 bridgehead atoms. The van der Waals surface area contributed by atoms with Crippen molar-refractivity contribution in [1.29, 1.82) is 0 Å². The van der Waals surface area contributed by atoms with Crippen molar-refractivity contribution in [1.82, 2.24) is 0 Å². The van der Waals surface area contributed by atoms with Crippen LogP contribution in [0.5, 0.6) is 5.75 Å². The molecule has 0 saturated heterocycles. The van der Waals surface area contributed by atoms with Gasteiger partial charge in [-0.1, -0.05) is 12.1 Å². The van der Waals surface area contributed by atoms with Crippen molar-refractivity contribution in [2.75, 3.05) is 0 Å². The smallest absolute Gasteiger partial charge is 0.115 e. The van der Waals surface area contributed by atoms with E-state index in [-0.39, 0.29) is 0 Å². The fourth-order valence-electron chi connectivity index (χ4n) is 10.8. The highest BCUT2D eigenvalue weighted by Gasteiger charge is 2.67. The summed E-state index contributed by atoms with van der Waals surface area (Å²) in [7, 11) is 0. The molecule has 8 fully saturated rings. The van der Waals surface area contributed by atoms with E-state index in [1.54, 1.807) is 56.9 Å². The normalized spacial score (nSPS) is 54.6. The summed E-state index contributed by atoms with van der Waals surface area (Å²) in [5.41, 5.74) is 3.36. The van der Waals surface area contributed by atoms with E-state index >= 15 is 0 Å². The van der Waals surface area contributed by atoms with E-state index < -0.39 is 0 Å². The van der Waals surface area contributed by atoms with Crippen LogP contribution in [0.25, 0.3) is 0 Å². The highest BCUT2D eigenvalue weighted by molar-refractivity contribution is 5.35. The second-order valence-electron chi connectivity index (χ2n) is 12.3. The zero-order valence-corrected chi connectivity index (χ0v) is 16.6. The predicted octanol–water partition coefficient (Wildman–Crippen LogP) is 6.45. The summed E-state index contributed by atoms with van der Waals surface area (Å²) in [4.78, 5) is 0. The minimum absolute atomic E-state index is 0.430. The molecule has 27 heavy (non-hydrogen) atoms. The minimum atomic E-state index is 0.430. The van der Waals surface area contributed by atoms with Crippen LogP contribution in [-0.4, -0.2) is 5.11 Å². The highest BCUT2D eigenvalue weighted by atomic mass is 16.3. The van der Waals surface area contributed by atoms with Crippen LogP contribution in [0, 0.1) is 40.4 Å². The number of aromatic hydroxyl groups is 1. The minimum Gasteiger partial charge on any atom is -0.508 e. The van der Waals surface area contributed by atoms with Crippen molar-refractivity contribution >= 4 is 0 Å². The van der Waals surface area contributed by atoms with Gasteiger partial charge >= 0.3 is 0 Å². The van der Waals surface area contributed by atoms with E-state index in [0.717, 1.165) is 29.6 Å². The van der Waals surface area contributed by atoms with Crippen molar-refractivity contribution in [2.45, 2.75) is 82.5 Å². The van der Waals surface area contributed by atoms with E-state index in [1.165, 1.54) is 25.7 Å². The largest absolute Gasteiger partial charge is 0.508 e. The monoisotopic (exact) mass is 362 g/mol. The van der Waals surface area contributed by atoms with E-state index in [0.29, 0.717) is 22.0 Å². The van der Waals surface area contributed by atoms with Gasteiger partial charge in [0, 0.05) is 0 Å². The summed E-state index contributed by atoms with van der Waals surface area (Å²) in [6.07, 6.45) is 18.5. The molecule has 8 saturated carbocycles. The SMILES string of the molecule is Oc1ccc(C23CC4CC(C2)CC(C25CC6CC(CC(C6)C2)C5)(C4)C3)cc1. The Bertz CT molecular complexity index is 725. The number of benzene rings is 1. The third-order valence-corrected chi connectivity index (χ3v) is 10.7. The first-order valence-corrected chi connectivity index (χ1v) is 11.9. The molecular weight excluding hydrogens is 328 g/mol. The van der Waals surface area contributed by atoms with Gasteiger partial charge < -0.3 is 5.11 Å². The van der Waals surface area contributed by atoms with Crippen LogP contribution in [0.3, 0.4) is 0 Å². The predicted molar refractivity (Wildman–Crippen MR) is 108 cm³/mol. The van der Waals surface area contributed by atoms with Gasteiger partial charge in [0.25, 0.3) is 0 Å². The van der Waals surface area contributed by atoms with E-state index in [4.69, 9.17) is 0 Å².